The van der Waals surface area contributed by atoms with Crippen LogP contribution in [-0.2, 0) is 6.42 Å². The molecular formula is C11H19NOS. The Morgan fingerprint density at radius 2 is 2.07 bits per heavy atom. The van der Waals surface area contributed by atoms with Gasteiger partial charge in [-0.25, -0.2) is 4.98 Å². The summed E-state index contributed by atoms with van der Waals surface area (Å²) in [6.45, 7) is 8.23. The molecule has 0 aliphatic rings. The number of nitrogens with zero attached hydrogens (tertiary/aromatic N) is 1. The van der Waals surface area contributed by atoms with Crippen LogP contribution in [0.2, 0.25) is 0 Å². The third-order valence-corrected chi connectivity index (χ3v) is 3.74. The Hall–Kier alpha value is -0.410. The quantitative estimate of drug-likeness (QED) is 0.834. The summed E-state index contributed by atoms with van der Waals surface area (Å²) in [6, 6.07) is 0. The van der Waals surface area contributed by atoms with Gasteiger partial charge in [0.25, 0.3) is 0 Å². The predicted octanol–water partition coefficient (Wildman–Crippen LogP) is 2.71. The maximum atomic E-state index is 9.64. The van der Waals surface area contributed by atoms with Gasteiger partial charge in [-0.05, 0) is 26.2 Å². The molecule has 0 aliphatic heterocycles. The van der Waals surface area contributed by atoms with Crippen LogP contribution in [0.4, 0.5) is 0 Å². The van der Waals surface area contributed by atoms with Gasteiger partial charge in [0, 0.05) is 11.3 Å². The van der Waals surface area contributed by atoms with Crippen molar-refractivity contribution in [3.05, 3.63) is 15.6 Å². The van der Waals surface area contributed by atoms with Crippen LogP contribution in [0, 0.1) is 19.8 Å². The number of aromatic nitrogens is 1. The third kappa shape index (κ3) is 2.79. The summed E-state index contributed by atoms with van der Waals surface area (Å²) in [6.07, 6.45) is 1.53. The van der Waals surface area contributed by atoms with E-state index in [0.717, 1.165) is 23.5 Å². The lowest BCUT2D eigenvalue weighted by molar-refractivity contribution is 0.112. The normalized spacial score (nSPS) is 15.5. The van der Waals surface area contributed by atoms with Crippen molar-refractivity contribution >= 4 is 11.3 Å². The van der Waals surface area contributed by atoms with Gasteiger partial charge in [0.1, 0.15) is 0 Å². The van der Waals surface area contributed by atoms with E-state index in [9.17, 15) is 5.11 Å². The van der Waals surface area contributed by atoms with E-state index < -0.39 is 0 Å². The highest BCUT2D eigenvalue weighted by atomic mass is 32.1. The van der Waals surface area contributed by atoms with E-state index in [2.05, 4.69) is 18.8 Å². The number of aryl methyl sites for hydroxylation is 2. The van der Waals surface area contributed by atoms with Crippen LogP contribution in [0.3, 0.4) is 0 Å². The number of thiazole rings is 1. The highest BCUT2D eigenvalue weighted by Crippen LogP contribution is 2.21. The molecule has 0 amide bonds. The smallest absolute Gasteiger partial charge is 0.0934 e. The van der Waals surface area contributed by atoms with Crippen LogP contribution >= 0.6 is 11.3 Å². The maximum absolute atomic E-state index is 9.64. The summed E-state index contributed by atoms with van der Waals surface area (Å²) >= 11 is 1.75. The van der Waals surface area contributed by atoms with E-state index in [0.29, 0.717) is 5.92 Å². The van der Waals surface area contributed by atoms with E-state index in [1.54, 1.807) is 11.3 Å². The second-order valence-electron chi connectivity index (χ2n) is 3.91. The molecule has 2 unspecified atom stereocenters. The van der Waals surface area contributed by atoms with Crippen molar-refractivity contribution in [2.45, 2.75) is 46.6 Å². The van der Waals surface area contributed by atoms with Crippen molar-refractivity contribution in [2.24, 2.45) is 5.92 Å². The first kappa shape index (κ1) is 11.7. The van der Waals surface area contributed by atoms with Gasteiger partial charge in [-0.15, -0.1) is 11.3 Å². The molecule has 2 nitrogen and oxygen atoms in total. The van der Waals surface area contributed by atoms with Crippen molar-refractivity contribution in [2.75, 3.05) is 0 Å². The number of aliphatic hydroxyl groups excluding tert-OH is 1. The second-order valence-corrected chi connectivity index (χ2v) is 5.19. The molecule has 0 spiro atoms. The number of rotatable bonds is 4. The molecule has 1 aromatic heterocycles. The first-order valence-electron chi connectivity index (χ1n) is 5.15. The summed E-state index contributed by atoms with van der Waals surface area (Å²) < 4.78 is 0. The Balaban J connectivity index is 2.60. The standard InChI is InChI=1S/C11H19NOS/c1-5-10(13)7(2)6-11-12-8(3)9(4)14-11/h7,10,13H,5-6H2,1-4H3. The predicted molar refractivity (Wildman–Crippen MR) is 60.8 cm³/mol. The number of hydrogen-bond acceptors (Lipinski definition) is 3. The van der Waals surface area contributed by atoms with E-state index in [1.165, 1.54) is 4.88 Å². The monoisotopic (exact) mass is 213 g/mol. The van der Waals surface area contributed by atoms with Gasteiger partial charge in [-0.2, -0.15) is 0 Å². The molecule has 0 saturated heterocycles. The molecule has 0 saturated carbocycles. The van der Waals surface area contributed by atoms with Crippen molar-refractivity contribution in [1.29, 1.82) is 0 Å². The molecule has 0 fully saturated rings. The summed E-state index contributed by atoms with van der Waals surface area (Å²) in [5.74, 6) is 0.310. The topological polar surface area (TPSA) is 33.1 Å². The third-order valence-electron chi connectivity index (χ3n) is 2.64. The molecule has 1 heterocycles. The molecule has 0 aromatic carbocycles. The zero-order chi connectivity index (χ0) is 10.7. The summed E-state index contributed by atoms with van der Waals surface area (Å²) in [7, 11) is 0. The fourth-order valence-corrected chi connectivity index (χ4v) is 2.52. The summed E-state index contributed by atoms with van der Waals surface area (Å²) in [5.41, 5.74) is 1.13. The fourth-order valence-electron chi connectivity index (χ4n) is 1.44. The molecule has 0 aliphatic carbocycles. The minimum Gasteiger partial charge on any atom is -0.393 e. The summed E-state index contributed by atoms with van der Waals surface area (Å²) in [5, 5.41) is 10.8. The molecule has 1 rings (SSSR count). The maximum Gasteiger partial charge on any atom is 0.0934 e. The van der Waals surface area contributed by atoms with Gasteiger partial charge in [-0.1, -0.05) is 13.8 Å². The Labute approximate surface area is 90.0 Å². The Kier molecular flexibility index (Phi) is 4.08. The lowest BCUT2D eigenvalue weighted by Gasteiger charge is -2.15. The van der Waals surface area contributed by atoms with Gasteiger partial charge in [0.15, 0.2) is 0 Å². The Morgan fingerprint density at radius 3 is 2.50 bits per heavy atom. The van der Waals surface area contributed by atoms with Gasteiger partial charge < -0.3 is 5.11 Å². The Bertz CT molecular complexity index is 276. The molecule has 2 atom stereocenters. The van der Waals surface area contributed by atoms with E-state index in [4.69, 9.17) is 0 Å². The molecule has 80 valence electrons. The van der Waals surface area contributed by atoms with Gasteiger partial charge in [0.05, 0.1) is 16.8 Å². The van der Waals surface area contributed by atoms with E-state index in [-0.39, 0.29) is 6.10 Å². The SMILES string of the molecule is CCC(O)C(C)Cc1nc(C)c(C)s1. The molecule has 0 bridgehead atoms. The van der Waals surface area contributed by atoms with Crippen LogP contribution < -0.4 is 0 Å². The van der Waals surface area contributed by atoms with Crippen LogP contribution in [-0.4, -0.2) is 16.2 Å². The Morgan fingerprint density at radius 1 is 1.43 bits per heavy atom. The van der Waals surface area contributed by atoms with Gasteiger partial charge in [-0.3, -0.25) is 0 Å². The van der Waals surface area contributed by atoms with Crippen LogP contribution in [0.5, 0.6) is 0 Å². The van der Waals surface area contributed by atoms with Crippen molar-refractivity contribution < 1.29 is 5.11 Å². The van der Waals surface area contributed by atoms with Crippen LogP contribution in [0.15, 0.2) is 0 Å². The fraction of sp³-hybridized carbons (Fsp3) is 0.727. The number of aliphatic hydroxyl groups is 1. The lowest BCUT2D eigenvalue weighted by atomic mass is 9.99. The van der Waals surface area contributed by atoms with Gasteiger partial charge in [0.2, 0.25) is 0 Å². The number of hydrogen-bond donors (Lipinski definition) is 1. The average molecular weight is 213 g/mol. The van der Waals surface area contributed by atoms with Crippen molar-refractivity contribution in [1.82, 2.24) is 4.98 Å². The average Bonchev–Trinajstić information content (AvgIpc) is 2.44. The summed E-state index contributed by atoms with van der Waals surface area (Å²) in [4.78, 5) is 5.76. The molecule has 1 N–H and O–H groups in total. The first-order valence-corrected chi connectivity index (χ1v) is 5.97. The lowest BCUT2D eigenvalue weighted by Crippen LogP contribution is -2.18. The molecule has 0 radical (unpaired) electrons. The van der Waals surface area contributed by atoms with E-state index >= 15 is 0 Å². The second kappa shape index (κ2) is 4.89. The van der Waals surface area contributed by atoms with E-state index in [1.807, 2.05) is 13.8 Å². The minimum absolute atomic E-state index is 0.195. The first-order chi connectivity index (χ1) is 6.54. The minimum atomic E-state index is -0.195. The zero-order valence-corrected chi connectivity index (χ0v) is 10.2. The highest BCUT2D eigenvalue weighted by Gasteiger charge is 2.15. The molecular weight excluding hydrogens is 194 g/mol. The molecule has 14 heavy (non-hydrogen) atoms. The van der Waals surface area contributed by atoms with Crippen molar-refractivity contribution in [3.63, 3.8) is 0 Å². The van der Waals surface area contributed by atoms with Crippen molar-refractivity contribution in [3.8, 4) is 0 Å². The zero-order valence-electron chi connectivity index (χ0n) is 9.37. The van der Waals surface area contributed by atoms with Crippen LogP contribution in [0.1, 0.15) is 35.8 Å². The molecule has 1 aromatic rings. The largest absolute Gasteiger partial charge is 0.393 e. The van der Waals surface area contributed by atoms with Gasteiger partial charge >= 0.3 is 0 Å². The van der Waals surface area contributed by atoms with Crippen LogP contribution in [0.25, 0.3) is 0 Å². The molecule has 3 heteroatoms. The highest BCUT2D eigenvalue weighted by molar-refractivity contribution is 7.11.